The fraction of sp³-hybridized carbons (Fsp3) is 0.588. The maximum absolute atomic E-state index is 11.0. The molecule has 1 atom stereocenters. The Morgan fingerprint density at radius 3 is 2.57 bits per heavy atom. The number of para-hydroxylation sites is 1. The molecule has 1 unspecified atom stereocenters. The smallest absolute Gasteiger partial charge is 0.274 e. The lowest BCUT2D eigenvalue weighted by Gasteiger charge is -2.23. The molecule has 0 spiro atoms. The van der Waals surface area contributed by atoms with Crippen LogP contribution in [0.1, 0.15) is 46.1 Å². The van der Waals surface area contributed by atoms with E-state index in [4.69, 9.17) is 0 Å². The Morgan fingerprint density at radius 1 is 1.35 bits per heavy atom. The van der Waals surface area contributed by atoms with Gasteiger partial charge in [-0.25, -0.2) is 0 Å². The minimum absolute atomic E-state index is 0.122. The normalized spacial score (nSPS) is 13.5. The minimum atomic E-state index is -0.362. The van der Waals surface area contributed by atoms with Gasteiger partial charge in [0.25, 0.3) is 5.69 Å². The summed E-state index contributed by atoms with van der Waals surface area (Å²) >= 11 is 0. The first-order valence-corrected chi connectivity index (χ1v) is 7.92. The number of hydrogen-bond acceptors (Lipinski definition) is 3. The first-order chi connectivity index (χ1) is 10.7. The van der Waals surface area contributed by atoms with E-state index in [-0.39, 0.29) is 16.7 Å². The van der Waals surface area contributed by atoms with Gasteiger partial charge in [0.05, 0.1) is 4.92 Å². The van der Waals surface area contributed by atoms with E-state index in [1.807, 2.05) is 0 Å². The van der Waals surface area contributed by atoms with Crippen LogP contribution in [0.3, 0.4) is 0 Å². The van der Waals surface area contributed by atoms with Gasteiger partial charge in [-0.1, -0.05) is 39.0 Å². The Hall–Kier alpha value is -2.11. The molecule has 6 nitrogen and oxygen atoms in total. The Balaban J connectivity index is 2.57. The molecule has 1 aromatic rings. The van der Waals surface area contributed by atoms with Crippen LogP contribution in [-0.4, -0.2) is 24.0 Å². The molecule has 0 heterocycles. The van der Waals surface area contributed by atoms with Crippen LogP contribution in [0.15, 0.2) is 29.3 Å². The first-order valence-electron chi connectivity index (χ1n) is 7.92. The molecule has 0 amide bonds. The maximum Gasteiger partial charge on any atom is 0.274 e. The molecule has 1 rings (SSSR count). The molecule has 0 saturated heterocycles. The van der Waals surface area contributed by atoms with Gasteiger partial charge in [0.2, 0.25) is 0 Å². The zero-order chi connectivity index (χ0) is 17.5. The number of nitro benzene ring substituents is 1. The Morgan fingerprint density at radius 2 is 2.00 bits per heavy atom. The van der Waals surface area contributed by atoms with Gasteiger partial charge in [0.1, 0.15) is 0 Å². The average Bonchev–Trinajstić information content (AvgIpc) is 2.48. The molecular formula is C17H28N4O2. The highest BCUT2D eigenvalue weighted by Gasteiger charge is 2.15. The van der Waals surface area contributed by atoms with E-state index in [1.54, 1.807) is 25.2 Å². The number of aliphatic imine (C=N–C) groups is 1. The third-order valence-corrected chi connectivity index (χ3v) is 3.57. The van der Waals surface area contributed by atoms with Crippen molar-refractivity contribution in [2.45, 2.75) is 53.1 Å². The number of benzene rings is 1. The summed E-state index contributed by atoms with van der Waals surface area (Å²) in [4.78, 5) is 14.8. The molecule has 0 fully saturated rings. The minimum Gasteiger partial charge on any atom is -0.354 e. The van der Waals surface area contributed by atoms with Crippen molar-refractivity contribution in [3.8, 4) is 0 Å². The van der Waals surface area contributed by atoms with Crippen molar-refractivity contribution < 1.29 is 4.92 Å². The quantitative estimate of drug-likeness (QED) is 0.364. The second kappa shape index (κ2) is 8.50. The van der Waals surface area contributed by atoms with Crippen molar-refractivity contribution in [2.75, 3.05) is 7.05 Å². The molecule has 2 N–H and O–H groups in total. The van der Waals surface area contributed by atoms with Crippen molar-refractivity contribution in [3.63, 3.8) is 0 Å². The van der Waals surface area contributed by atoms with Crippen LogP contribution in [0.2, 0.25) is 0 Å². The molecule has 0 aliphatic carbocycles. The van der Waals surface area contributed by atoms with Gasteiger partial charge in [0.15, 0.2) is 5.96 Å². The number of guanidine groups is 1. The molecule has 0 saturated carbocycles. The molecule has 0 bridgehead atoms. The Kier molecular flexibility index (Phi) is 7.00. The first kappa shape index (κ1) is 18.9. The van der Waals surface area contributed by atoms with Crippen LogP contribution in [0.5, 0.6) is 0 Å². The van der Waals surface area contributed by atoms with Gasteiger partial charge >= 0.3 is 0 Å². The molecule has 0 aliphatic rings. The third-order valence-electron chi connectivity index (χ3n) is 3.57. The molecule has 0 radical (unpaired) electrons. The van der Waals surface area contributed by atoms with Crippen molar-refractivity contribution in [1.82, 2.24) is 10.6 Å². The molecule has 0 aliphatic heterocycles. The van der Waals surface area contributed by atoms with Crippen molar-refractivity contribution in [1.29, 1.82) is 0 Å². The fourth-order valence-electron chi connectivity index (χ4n) is 2.17. The number of nitrogens with zero attached hydrogens (tertiary/aromatic N) is 2. The van der Waals surface area contributed by atoms with Crippen LogP contribution in [0.4, 0.5) is 5.69 Å². The predicted molar refractivity (Wildman–Crippen MR) is 94.6 cm³/mol. The standard InChI is InChI=1S/C17H28N4O2/c1-13(10-11-17(2,3)4)20-16(18-5)19-12-14-8-6-7-9-15(14)21(22)23/h6-9,13H,10-12H2,1-5H3,(H2,18,19,20). The molecule has 6 heteroatoms. The fourth-order valence-corrected chi connectivity index (χ4v) is 2.17. The topological polar surface area (TPSA) is 79.6 Å². The Labute approximate surface area is 138 Å². The monoisotopic (exact) mass is 320 g/mol. The van der Waals surface area contributed by atoms with E-state index >= 15 is 0 Å². The van der Waals surface area contributed by atoms with E-state index in [9.17, 15) is 10.1 Å². The summed E-state index contributed by atoms with van der Waals surface area (Å²) in [5.41, 5.74) is 1.07. The summed E-state index contributed by atoms with van der Waals surface area (Å²) in [5.74, 6) is 0.657. The van der Waals surface area contributed by atoms with Crippen LogP contribution in [-0.2, 0) is 6.54 Å². The van der Waals surface area contributed by atoms with E-state index in [1.165, 1.54) is 6.07 Å². The lowest BCUT2D eigenvalue weighted by Crippen LogP contribution is -2.42. The molecule has 0 aromatic heterocycles. The van der Waals surface area contributed by atoms with Gasteiger partial charge in [-0.05, 0) is 25.2 Å². The lowest BCUT2D eigenvalue weighted by molar-refractivity contribution is -0.385. The number of rotatable bonds is 6. The average molecular weight is 320 g/mol. The summed E-state index contributed by atoms with van der Waals surface area (Å²) in [6.07, 6.45) is 2.15. The number of hydrogen-bond donors (Lipinski definition) is 2. The summed E-state index contributed by atoms with van der Waals surface area (Å²) < 4.78 is 0. The molecular weight excluding hydrogens is 292 g/mol. The highest BCUT2D eigenvalue weighted by molar-refractivity contribution is 5.80. The maximum atomic E-state index is 11.0. The second-order valence-corrected chi connectivity index (χ2v) is 6.96. The van der Waals surface area contributed by atoms with Crippen LogP contribution >= 0.6 is 0 Å². The zero-order valence-electron chi connectivity index (χ0n) is 14.7. The highest BCUT2D eigenvalue weighted by Crippen LogP contribution is 2.21. The highest BCUT2D eigenvalue weighted by atomic mass is 16.6. The summed E-state index contributed by atoms with van der Waals surface area (Å²) in [7, 11) is 1.70. The molecule has 128 valence electrons. The largest absolute Gasteiger partial charge is 0.354 e. The SMILES string of the molecule is CN=C(NCc1ccccc1[N+](=O)[O-])NC(C)CCC(C)(C)C. The Bertz CT molecular complexity index is 550. The predicted octanol–water partition coefficient (Wildman–Crippen LogP) is 3.47. The van der Waals surface area contributed by atoms with E-state index in [0.717, 1.165) is 12.8 Å². The van der Waals surface area contributed by atoms with Gasteiger partial charge in [-0.3, -0.25) is 15.1 Å². The van der Waals surface area contributed by atoms with E-state index < -0.39 is 0 Å². The van der Waals surface area contributed by atoms with E-state index in [2.05, 4.69) is 43.3 Å². The van der Waals surface area contributed by atoms with Crippen molar-refractivity contribution >= 4 is 11.6 Å². The third kappa shape index (κ3) is 7.13. The van der Waals surface area contributed by atoms with Crippen molar-refractivity contribution in [3.05, 3.63) is 39.9 Å². The summed E-state index contributed by atoms with van der Waals surface area (Å²) in [6.45, 7) is 9.15. The number of nitro groups is 1. The van der Waals surface area contributed by atoms with Gasteiger partial charge in [0, 0.05) is 31.3 Å². The van der Waals surface area contributed by atoms with Crippen LogP contribution in [0, 0.1) is 15.5 Å². The van der Waals surface area contributed by atoms with Gasteiger partial charge in [-0.2, -0.15) is 0 Å². The van der Waals surface area contributed by atoms with E-state index in [0.29, 0.717) is 23.5 Å². The van der Waals surface area contributed by atoms with Gasteiger partial charge < -0.3 is 10.6 Å². The zero-order valence-corrected chi connectivity index (χ0v) is 14.7. The van der Waals surface area contributed by atoms with Crippen LogP contribution < -0.4 is 10.6 Å². The summed E-state index contributed by atoms with van der Waals surface area (Å²) in [6, 6.07) is 7.02. The van der Waals surface area contributed by atoms with Crippen LogP contribution in [0.25, 0.3) is 0 Å². The second-order valence-electron chi connectivity index (χ2n) is 6.96. The summed E-state index contributed by atoms with van der Waals surface area (Å²) in [5, 5.41) is 17.5. The van der Waals surface area contributed by atoms with Crippen molar-refractivity contribution in [2.24, 2.45) is 10.4 Å². The lowest BCUT2D eigenvalue weighted by atomic mass is 9.89. The number of nitrogens with one attached hydrogen (secondary N) is 2. The van der Waals surface area contributed by atoms with Gasteiger partial charge in [-0.15, -0.1) is 0 Å². The molecule has 1 aromatic carbocycles. The molecule has 23 heavy (non-hydrogen) atoms.